The first-order valence-corrected chi connectivity index (χ1v) is 5.94. The molecule has 82 valence electrons. The topological polar surface area (TPSA) is 0 Å². The summed E-state index contributed by atoms with van der Waals surface area (Å²) in [6.07, 6.45) is 6.80. The molecule has 0 aromatic heterocycles. The van der Waals surface area contributed by atoms with Crippen molar-refractivity contribution >= 4 is 5.57 Å². The Bertz CT molecular complexity index is 547. The highest BCUT2D eigenvalue weighted by Crippen LogP contribution is 2.31. The summed E-state index contributed by atoms with van der Waals surface area (Å²) in [5, 5.41) is 0. The van der Waals surface area contributed by atoms with Gasteiger partial charge in [-0.25, -0.2) is 0 Å². The van der Waals surface area contributed by atoms with Crippen molar-refractivity contribution in [3.8, 4) is 0 Å². The standard InChI is InChI=1S/C17H14/c1-3-7-14(8-4-1)16-11-12-17(13-16)15-9-5-2-6-10-15/h1-13,16H. The number of hydrogen-bond acceptors (Lipinski definition) is 0. The van der Waals surface area contributed by atoms with Crippen molar-refractivity contribution in [2.24, 2.45) is 0 Å². The molecule has 3 rings (SSSR count). The van der Waals surface area contributed by atoms with E-state index in [-0.39, 0.29) is 0 Å². The Balaban J connectivity index is 1.91. The van der Waals surface area contributed by atoms with Crippen molar-refractivity contribution in [2.75, 3.05) is 0 Å². The fraction of sp³-hybridized carbons (Fsp3) is 0.0588. The van der Waals surface area contributed by atoms with Gasteiger partial charge in [0.2, 0.25) is 0 Å². The molecule has 0 heteroatoms. The molecule has 0 saturated heterocycles. The Kier molecular flexibility index (Phi) is 2.63. The molecule has 0 nitrogen and oxygen atoms in total. The average molecular weight is 218 g/mol. The highest BCUT2D eigenvalue weighted by Gasteiger charge is 2.11. The monoisotopic (exact) mass is 218 g/mol. The van der Waals surface area contributed by atoms with Gasteiger partial charge in [-0.05, 0) is 16.7 Å². The molecule has 2 aromatic carbocycles. The summed E-state index contributed by atoms with van der Waals surface area (Å²) in [5.41, 5.74) is 3.97. The normalized spacial score (nSPS) is 18.1. The first-order valence-electron chi connectivity index (χ1n) is 5.94. The Hall–Kier alpha value is -2.08. The number of allylic oxidation sites excluding steroid dienone is 4. The highest BCUT2D eigenvalue weighted by molar-refractivity contribution is 5.78. The summed E-state index contributed by atoms with van der Waals surface area (Å²) in [6.45, 7) is 0. The van der Waals surface area contributed by atoms with E-state index in [2.05, 4.69) is 78.9 Å². The van der Waals surface area contributed by atoms with Crippen LogP contribution in [-0.2, 0) is 0 Å². The molecule has 0 heterocycles. The van der Waals surface area contributed by atoms with Crippen molar-refractivity contribution in [3.05, 3.63) is 90.0 Å². The van der Waals surface area contributed by atoms with Gasteiger partial charge in [0.25, 0.3) is 0 Å². The van der Waals surface area contributed by atoms with Crippen LogP contribution in [0.5, 0.6) is 0 Å². The van der Waals surface area contributed by atoms with Gasteiger partial charge in [-0.3, -0.25) is 0 Å². The van der Waals surface area contributed by atoms with Crippen molar-refractivity contribution < 1.29 is 0 Å². The predicted octanol–water partition coefficient (Wildman–Crippen LogP) is 4.42. The minimum Gasteiger partial charge on any atom is -0.0726 e. The fourth-order valence-electron chi connectivity index (χ4n) is 2.22. The zero-order valence-electron chi connectivity index (χ0n) is 9.58. The minimum atomic E-state index is 0.423. The van der Waals surface area contributed by atoms with Crippen LogP contribution >= 0.6 is 0 Å². The van der Waals surface area contributed by atoms with Crippen LogP contribution in [0, 0.1) is 0 Å². The second kappa shape index (κ2) is 4.42. The SMILES string of the molecule is C1=CC(c2ccccc2)C=C1c1ccccc1. The van der Waals surface area contributed by atoms with Crippen LogP contribution in [0.4, 0.5) is 0 Å². The molecule has 2 aromatic rings. The van der Waals surface area contributed by atoms with Crippen molar-refractivity contribution in [1.29, 1.82) is 0 Å². The smallest absolute Gasteiger partial charge is 0.0210 e. The van der Waals surface area contributed by atoms with Gasteiger partial charge in [0.15, 0.2) is 0 Å². The third-order valence-electron chi connectivity index (χ3n) is 3.13. The summed E-state index contributed by atoms with van der Waals surface area (Å²) in [6, 6.07) is 21.1. The Morgan fingerprint density at radius 2 is 1.35 bits per heavy atom. The first-order chi connectivity index (χ1) is 8.43. The lowest BCUT2D eigenvalue weighted by Crippen LogP contribution is -1.87. The maximum Gasteiger partial charge on any atom is 0.0210 e. The first kappa shape index (κ1) is 10.1. The van der Waals surface area contributed by atoms with Gasteiger partial charge in [-0.2, -0.15) is 0 Å². The van der Waals surface area contributed by atoms with E-state index in [0.717, 1.165) is 0 Å². The Morgan fingerprint density at radius 1 is 0.706 bits per heavy atom. The van der Waals surface area contributed by atoms with Crippen LogP contribution in [0.25, 0.3) is 5.57 Å². The minimum absolute atomic E-state index is 0.423. The van der Waals surface area contributed by atoms with Crippen LogP contribution in [-0.4, -0.2) is 0 Å². The van der Waals surface area contributed by atoms with Gasteiger partial charge in [-0.15, -0.1) is 0 Å². The van der Waals surface area contributed by atoms with Crippen LogP contribution < -0.4 is 0 Å². The van der Waals surface area contributed by atoms with E-state index in [0.29, 0.717) is 5.92 Å². The number of hydrogen-bond donors (Lipinski definition) is 0. The molecule has 0 aliphatic heterocycles. The maximum absolute atomic E-state index is 2.32. The molecule has 1 atom stereocenters. The molecule has 0 saturated carbocycles. The lowest BCUT2D eigenvalue weighted by Gasteiger charge is -2.04. The molecule has 1 aliphatic rings. The zero-order chi connectivity index (χ0) is 11.5. The second-order valence-electron chi connectivity index (χ2n) is 4.28. The average Bonchev–Trinajstić information content (AvgIpc) is 2.90. The molecule has 0 spiro atoms. The molecule has 1 aliphatic carbocycles. The Morgan fingerprint density at radius 3 is 2.06 bits per heavy atom. The van der Waals surface area contributed by atoms with Crippen LogP contribution in [0.1, 0.15) is 17.0 Å². The fourth-order valence-corrected chi connectivity index (χ4v) is 2.22. The van der Waals surface area contributed by atoms with E-state index in [1.807, 2.05) is 0 Å². The molecule has 17 heavy (non-hydrogen) atoms. The van der Waals surface area contributed by atoms with E-state index in [9.17, 15) is 0 Å². The molecule has 0 radical (unpaired) electrons. The van der Waals surface area contributed by atoms with Crippen molar-refractivity contribution in [3.63, 3.8) is 0 Å². The molecular weight excluding hydrogens is 204 g/mol. The molecular formula is C17H14. The van der Waals surface area contributed by atoms with E-state index in [4.69, 9.17) is 0 Å². The Labute approximate surface area is 102 Å². The molecule has 0 fully saturated rings. The number of rotatable bonds is 2. The molecule has 0 N–H and O–H groups in total. The highest BCUT2D eigenvalue weighted by atomic mass is 14.2. The summed E-state index contributed by atoms with van der Waals surface area (Å²) < 4.78 is 0. The van der Waals surface area contributed by atoms with Gasteiger partial charge in [0.1, 0.15) is 0 Å². The van der Waals surface area contributed by atoms with E-state index >= 15 is 0 Å². The summed E-state index contributed by atoms with van der Waals surface area (Å²) in [5.74, 6) is 0.423. The van der Waals surface area contributed by atoms with Gasteiger partial charge in [-0.1, -0.05) is 78.9 Å². The molecule has 0 bridgehead atoms. The third kappa shape index (κ3) is 2.07. The third-order valence-corrected chi connectivity index (χ3v) is 3.13. The molecule has 0 amide bonds. The van der Waals surface area contributed by atoms with Gasteiger partial charge in [0.05, 0.1) is 0 Å². The summed E-state index contributed by atoms with van der Waals surface area (Å²) >= 11 is 0. The van der Waals surface area contributed by atoms with Crippen LogP contribution in [0.15, 0.2) is 78.9 Å². The zero-order valence-corrected chi connectivity index (χ0v) is 9.58. The number of benzene rings is 2. The van der Waals surface area contributed by atoms with E-state index in [1.54, 1.807) is 0 Å². The predicted molar refractivity (Wildman–Crippen MR) is 72.7 cm³/mol. The van der Waals surface area contributed by atoms with Crippen molar-refractivity contribution in [1.82, 2.24) is 0 Å². The van der Waals surface area contributed by atoms with Gasteiger partial charge < -0.3 is 0 Å². The maximum atomic E-state index is 2.32. The van der Waals surface area contributed by atoms with E-state index in [1.165, 1.54) is 16.7 Å². The quantitative estimate of drug-likeness (QED) is 0.699. The van der Waals surface area contributed by atoms with E-state index < -0.39 is 0 Å². The van der Waals surface area contributed by atoms with Crippen LogP contribution in [0.2, 0.25) is 0 Å². The second-order valence-corrected chi connectivity index (χ2v) is 4.28. The largest absolute Gasteiger partial charge is 0.0726 e. The lowest BCUT2D eigenvalue weighted by atomic mass is 10.00. The molecule has 1 unspecified atom stereocenters. The summed E-state index contributed by atoms with van der Waals surface area (Å²) in [7, 11) is 0. The van der Waals surface area contributed by atoms with Crippen molar-refractivity contribution in [2.45, 2.75) is 5.92 Å². The van der Waals surface area contributed by atoms with Gasteiger partial charge >= 0.3 is 0 Å². The van der Waals surface area contributed by atoms with Crippen LogP contribution in [0.3, 0.4) is 0 Å². The summed E-state index contributed by atoms with van der Waals surface area (Å²) in [4.78, 5) is 0. The van der Waals surface area contributed by atoms with Gasteiger partial charge in [0, 0.05) is 5.92 Å². The lowest BCUT2D eigenvalue weighted by molar-refractivity contribution is 1.11.